The third-order valence-corrected chi connectivity index (χ3v) is 5.49. The molecule has 0 spiro atoms. The number of piperidine rings is 2. The normalized spacial score (nSPS) is 28.9. The van der Waals surface area contributed by atoms with E-state index < -0.39 is 0 Å². The van der Waals surface area contributed by atoms with E-state index in [1.54, 1.807) is 0 Å². The van der Waals surface area contributed by atoms with Crippen LogP contribution in [0.2, 0.25) is 0 Å². The van der Waals surface area contributed by atoms with Crippen molar-refractivity contribution in [2.75, 3.05) is 7.05 Å². The second-order valence-corrected chi connectivity index (χ2v) is 6.85. The fourth-order valence-electron chi connectivity index (χ4n) is 4.26. The van der Waals surface area contributed by atoms with E-state index in [-0.39, 0.29) is 11.7 Å². The molecule has 0 amide bonds. The summed E-state index contributed by atoms with van der Waals surface area (Å²) in [5.74, 6) is 1.10. The van der Waals surface area contributed by atoms with Gasteiger partial charge in [-0.1, -0.05) is 6.42 Å². The lowest BCUT2D eigenvalue weighted by Gasteiger charge is -2.46. The summed E-state index contributed by atoms with van der Waals surface area (Å²) in [6, 6.07) is 6.82. The van der Waals surface area contributed by atoms with Crippen molar-refractivity contribution >= 4 is 16.9 Å². The standard InChI is InChI=1S/C18H22N2O2/c1-11-19-16-10-12(6-7-17(16)22-11)18(21)13-8-14-4-3-5-15(9-13)20(14)2/h6-7,10,13-15H,3-5,8-9H2,1-2H3. The zero-order valence-electron chi connectivity index (χ0n) is 13.2. The van der Waals surface area contributed by atoms with Crippen LogP contribution in [0.3, 0.4) is 0 Å². The number of rotatable bonds is 2. The fourth-order valence-corrected chi connectivity index (χ4v) is 4.26. The first kappa shape index (κ1) is 13.9. The van der Waals surface area contributed by atoms with Crippen molar-refractivity contribution in [1.29, 1.82) is 0 Å². The Morgan fingerprint density at radius 2 is 2.00 bits per heavy atom. The minimum atomic E-state index is 0.164. The molecule has 2 atom stereocenters. The van der Waals surface area contributed by atoms with Gasteiger partial charge < -0.3 is 9.32 Å². The van der Waals surface area contributed by atoms with Crippen molar-refractivity contribution < 1.29 is 9.21 Å². The fraction of sp³-hybridized carbons (Fsp3) is 0.556. The first-order valence-corrected chi connectivity index (χ1v) is 8.25. The minimum absolute atomic E-state index is 0.164. The average Bonchev–Trinajstić information content (AvgIpc) is 2.85. The number of aromatic nitrogens is 1. The van der Waals surface area contributed by atoms with Crippen molar-refractivity contribution in [3.8, 4) is 0 Å². The lowest BCUT2D eigenvalue weighted by molar-refractivity contribution is 0.0338. The molecule has 1 aromatic carbocycles. The molecule has 4 heteroatoms. The molecule has 0 saturated carbocycles. The van der Waals surface area contributed by atoms with E-state index in [1.807, 2.05) is 25.1 Å². The van der Waals surface area contributed by atoms with Crippen LogP contribution in [0.4, 0.5) is 0 Å². The van der Waals surface area contributed by atoms with Crippen LogP contribution in [0.5, 0.6) is 0 Å². The van der Waals surface area contributed by atoms with Gasteiger partial charge in [-0.05, 0) is 50.9 Å². The Hall–Kier alpha value is -1.68. The van der Waals surface area contributed by atoms with Gasteiger partial charge in [0.25, 0.3) is 0 Å². The van der Waals surface area contributed by atoms with E-state index in [9.17, 15) is 4.79 Å². The van der Waals surface area contributed by atoms with Crippen molar-refractivity contribution in [2.24, 2.45) is 5.92 Å². The van der Waals surface area contributed by atoms with Crippen LogP contribution in [0.1, 0.15) is 48.4 Å². The molecule has 2 unspecified atom stereocenters. The van der Waals surface area contributed by atoms with Gasteiger partial charge >= 0.3 is 0 Å². The van der Waals surface area contributed by atoms with Gasteiger partial charge in [0.1, 0.15) is 5.52 Å². The number of hydrogen-bond donors (Lipinski definition) is 0. The summed E-state index contributed by atoms with van der Waals surface area (Å²) in [5, 5.41) is 0. The molecule has 2 aromatic rings. The van der Waals surface area contributed by atoms with Crippen molar-refractivity contribution in [3.63, 3.8) is 0 Å². The maximum atomic E-state index is 12.9. The van der Waals surface area contributed by atoms with E-state index in [0.717, 1.165) is 29.5 Å². The Labute approximate surface area is 130 Å². The zero-order chi connectivity index (χ0) is 15.3. The van der Waals surface area contributed by atoms with Gasteiger partial charge in [0.05, 0.1) is 0 Å². The number of carbonyl (C=O) groups excluding carboxylic acids is 1. The van der Waals surface area contributed by atoms with Gasteiger partial charge in [0, 0.05) is 30.5 Å². The number of hydrogen-bond acceptors (Lipinski definition) is 4. The maximum absolute atomic E-state index is 12.9. The van der Waals surface area contributed by atoms with Crippen LogP contribution in [-0.2, 0) is 0 Å². The highest BCUT2D eigenvalue weighted by molar-refractivity contribution is 6.00. The highest BCUT2D eigenvalue weighted by Gasteiger charge is 2.38. The quantitative estimate of drug-likeness (QED) is 0.795. The molecule has 1 aromatic heterocycles. The van der Waals surface area contributed by atoms with Crippen molar-refractivity contribution in [1.82, 2.24) is 9.88 Å². The molecule has 4 rings (SSSR count). The van der Waals surface area contributed by atoms with Gasteiger partial charge in [-0.25, -0.2) is 4.98 Å². The van der Waals surface area contributed by atoms with Crippen LogP contribution < -0.4 is 0 Å². The van der Waals surface area contributed by atoms with E-state index in [1.165, 1.54) is 19.3 Å². The monoisotopic (exact) mass is 298 g/mol. The Morgan fingerprint density at radius 3 is 2.73 bits per heavy atom. The van der Waals surface area contributed by atoms with E-state index in [0.29, 0.717) is 18.0 Å². The van der Waals surface area contributed by atoms with Crippen LogP contribution in [0.25, 0.3) is 11.1 Å². The minimum Gasteiger partial charge on any atom is -0.441 e. The first-order valence-electron chi connectivity index (χ1n) is 8.25. The lowest BCUT2D eigenvalue weighted by Crippen LogP contribution is -2.51. The number of oxazole rings is 1. The maximum Gasteiger partial charge on any atom is 0.192 e. The molecule has 2 aliphatic rings. The summed E-state index contributed by atoms with van der Waals surface area (Å²) in [4.78, 5) is 19.8. The number of carbonyl (C=O) groups is 1. The second kappa shape index (κ2) is 5.20. The smallest absolute Gasteiger partial charge is 0.192 e. The van der Waals surface area contributed by atoms with Gasteiger partial charge in [0.2, 0.25) is 0 Å². The average molecular weight is 298 g/mol. The lowest BCUT2D eigenvalue weighted by atomic mass is 9.76. The first-order chi connectivity index (χ1) is 10.6. The van der Waals surface area contributed by atoms with E-state index in [2.05, 4.69) is 16.9 Å². The van der Waals surface area contributed by atoms with Crippen LogP contribution >= 0.6 is 0 Å². The largest absolute Gasteiger partial charge is 0.441 e. The number of aryl methyl sites for hydroxylation is 1. The molecule has 22 heavy (non-hydrogen) atoms. The van der Waals surface area contributed by atoms with Crippen LogP contribution in [-0.4, -0.2) is 34.8 Å². The molecule has 0 aliphatic carbocycles. The summed E-state index contributed by atoms with van der Waals surface area (Å²) in [6.07, 6.45) is 5.78. The zero-order valence-corrected chi connectivity index (χ0v) is 13.2. The SMILES string of the molecule is Cc1nc2cc(C(=O)C3CC4CCCC(C3)N4C)ccc2o1. The molecule has 2 bridgehead atoms. The third kappa shape index (κ3) is 2.26. The van der Waals surface area contributed by atoms with Gasteiger partial charge in [0.15, 0.2) is 17.3 Å². The number of nitrogens with zero attached hydrogens (tertiary/aromatic N) is 2. The van der Waals surface area contributed by atoms with Gasteiger partial charge in [-0.2, -0.15) is 0 Å². The van der Waals surface area contributed by atoms with Crippen molar-refractivity contribution in [3.05, 3.63) is 29.7 Å². The summed E-state index contributed by atoms with van der Waals surface area (Å²) in [5.41, 5.74) is 2.33. The van der Waals surface area contributed by atoms with Crippen molar-refractivity contribution in [2.45, 2.75) is 51.1 Å². The second-order valence-electron chi connectivity index (χ2n) is 6.85. The number of fused-ring (bicyclic) bond motifs is 3. The van der Waals surface area contributed by atoms with Crippen LogP contribution in [0.15, 0.2) is 22.6 Å². The summed E-state index contributed by atoms with van der Waals surface area (Å²) < 4.78 is 5.49. The highest BCUT2D eigenvalue weighted by atomic mass is 16.3. The number of ketones is 1. The summed E-state index contributed by atoms with van der Waals surface area (Å²) >= 11 is 0. The molecular formula is C18H22N2O2. The molecule has 0 N–H and O–H groups in total. The van der Waals surface area contributed by atoms with E-state index in [4.69, 9.17) is 4.42 Å². The molecule has 2 fully saturated rings. The summed E-state index contributed by atoms with van der Waals surface area (Å²) in [7, 11) is 2.22. The topological polar surface area (TPSA) is 46.3 Å². The summed E-state index contributed by atoms with van der Waals surface area (Å²) in [6.45, 7) is 1.83. The molecular weight excluding hydrogens is 276 g/mol. The number of Topliss-reactive ketones (excluding diaryl/α,β-unsaturated/α-hetero) is 1. The van der Waals surface area contributed by atoms with Crippen LogP contribution in [0, 0.1) is 12.8 Å². The Bertz CT molecular complexity index is 707. The Balaban J connectivity index is 1.60. The van der Waals surface area contributed by atoms with Gasteiger partial charge in [-0.3, -0.25) is 4.79 Å². The molecule has 2 saturated heterocycles. The number of benzene rings is 1. The van der Waals surface area contributed by atoms with Gasteiger partial charge in [-0.15, -0.1) is 0 Å². The third-order valence-electron chi connectivity index (χ3n) is 5.49. The Kier molecular flexibility index (Phi) is 3.30. The highest BCUT2D eigenvalue weighted by Crippen LogP contribution is 2.37. The molecule has 0 radical (unpaired) electrons. The van der Waals surface area contributed by atoms with E-state index >= 15 is 0 Å². The molecule has 4 nitrogen and oxygen atoms in total. The Morgan fingerprint density at radius 1 is 1.27 bits per heavy atom. The molecule has 2 aliphatic heterocycles. The predicted molar refractivity (Wildman–Crippen MR) is 85.0 cm³/mol. The molecule has 3 heterocycles. The molecule has 116 valence electrons. The predicted octanol–water partition coefficient (Wildman–Crippen LogP) is 3.58.